The summed E-state index contributed by atoms with van der Waals surface area (Å²) in [5.74, 6) is 0.131. The van der Waals surface area contributed by atoms with Crippen LogP contribution >= 0.6 is 11.3 Å². The fourth-order valence-corrected chi connectivity index (χ4v) is 2.64. The van der Waals surface area contributed by atoms with Crippen LogP contribution in [0.3, 0.4) is 0 Å². The number of nitrogens with zero attached hydrogens (tertiary/aromatic N) is 1. The van der Waals surface area contributed by atoms with Crippen LogP contribution in [-0.2, 0) is 17.7 Å². The Balaban J connectivity index is 2.14. The van der Waals surface area contributed by atoms with Gasteiger partial charge in [0, 0.05) is 18.5 Å². The third kappa shape index (κ3) is 3.73. The molecule has 0 atom stereocenters. The van der Waals surface area contributed by atoms with Gasteiger partial charge in [0.25, 0.3) is 5.56 Å². The molecule has 7 nitrogen and oxygen atoms in total. The minimum absolute atomic E-state index is 0.131. The molecule has 0 radical (unpaired) electrons. The number of nitrogen functional groups attached to an aromatic ring is 1. The highest BCUT2D eigenvalue weighted by Gasteiger charge is 2.11. The van der Waals surface area contributed by atoms with Crippen molar-refractivity contribution in [1.29, 1.82) is 0 Å². The van der Waals surface area contributed by atoms with Gasteiger partial charge in [0.15, 0.2) is 0 Å². The minimum Gasteiger partial charge on any atom is -0.383 e. The number of methoxy groups -OCH3 is 1. The second kappa shape index (κ2) is 7.09. The number of ether oxygens (including phenoxy) is 1. The highest BCUT2D eigenvalue weighted by Crippen LogP contribution is 2.12. The summed E-state index contributed by atoms with van der Waals surface area (Å²) < 4.78 is 6.22. The molecule has 0 unspecified atom stereocenters. The third-order valence-corrected chi connectivity index (χ3v) is 3.95. The summed E-state index contributed by atoms with van der Waals surface area (Å²) in [5, 5.41) is 5.00. The molecule has 2 rings (SSSR count). The smallest absolute Gasteiger partial charge is 0.330 e. The number of thiophene rings is 1. The number of nitrogens with one attached hydrogen (secondary N) is 2. The lowest BCUT2D eigenvalue weighted by Crippen LogP contribution is -2.35. The van der Waals surface area contributed by atoms with Gasteiger partial charge in [-0.25, -0.2) is 4.79 Å². The number of nitrogens with two attached hydrogens (primary N) is 1. The van der Waals surface area contributed by atoms with Gasteiger partial charge < -0.3 is 15.8 Å². The molecule has 4 N–H and O–H groups in total. The van der Waals surface area contributed by atoms with Gasteiger partial charge in [0.2, 0.25) is 0 Å². The lowest BCUT2D eigenvalue weighted by Gasteiger charge is -2.13. The molecule has 0 bridgehead atoms. The topological polar surface area (TPSA) is 102 Å². The van der Waals surface area contributed by atoms with Gasteiger partial charge in [-0.2, -0.15) is 0 Å². The lowest BCUT2D eigenvalue weighted by molar-refractivity contribution is 0.186. The Morgan fingerprint density at radius 2 is 2.29 bits per heavy atom. The van der Waals surface area contributed by atoms with Crippen LogP contribution in [0.25, 0.3) is 0 Å². The molecule has 0 spiro atoms. The summed E-state index contributed by atoms with van der Waals surface area (Å²) in [6.07, 6.45) is 0.785. The van der Waals surface area contributed by atoms with E-state index in [9.17, 15) is 9.59 Å². The molecule has 2 aromatic rings. The Morgan fingerprint density at radius 1 is 1.48 bits per heavy atom. The highest BCUT2D eigenvalue weighted by molar-refractivity contribution is 7.09. The van der Waals surface area contributed by atoms with Crippen molar-refractivity contribution >= 4 is 22.8 Å². The van der Waals surface area contributed by atoms with Crippen LogP contribution < -0.4 is 22.3 Å². The van der Waals surface area contributed by atoms with Crippen molar-refractivity contribution in [2.24, 2.45) is 0 Å². The van der Waals surface area contributed by atoms with E-state index in [0.29, 0.717) is 13.2 Å². The van der Waals surface area contributed by atoms with Gasteiger partial charge in [0.1, 0.15) is 11.5 Å². The number of hydrogen-bond donors (Lipinski definition) is 3. The second-order valence-corrected chi connectivity index (χ2v) is 5.45. The van der Waals surface area contributed by atoms with Crippen LogP contribution in [0.1, 0.15) is 4.88 Å². The van der Waals surface area contributed by atoms with Gasteiger partial charge in [-0.05, 0) is 17.9 Å². The lowest BCUT2D eigenvalue weighted by atomic mass is 10.3. The van der Waals surface area contributed by atoms with Crippen molar-refractivity contribution in [3.63, 3.8) is 0 Å². The van der Waals surface area contributed by atoms with Crippen LogP contribution in [0, 0.1) is 0 Å². The van der Waals surface area contributed by atoms with Gasteiger partial charge in [-0.3, -0.25) is 14.3 Å². The molecule has 2 heterocycles. The standard InChI is InChI=1S/C13H18N4O3S/c1-20-7-6-17-11(14)10(12(18)16-13(17)19)15-5-4-9-3-2-8-21-9/h2-3,8,15H,4-7,14H2,1H3,(H,16,18,19). The molecule has 0 saturated heterocycles. The Labute approximate surface area is 125 Å². The van der Waals surface area contributed by atoms with E-state index in [1.807, 2.05) is 17.5 Å². The number of rotatable bonds is 7. The zero-order chi connectivity index (χ0) is 15.2. The van der Waals surface area contributed by atoms with Gasteiger partial charge >= 0.3 is 5.69 Å². The maximum Gasteiger partial charge on any atom is 0.330 e. The fraction of sp³-hybridized carbons (Fsp3) is 0.385. The first-order valence-electron chi connectivity index (χ1n) is 6.51. The van der Waals surface area contributed by atoms with Crippen LogP contribution in [0.5, 0.6) is 0 Å². The van der Waals surface area contributed by atoms with E-state index in [0.717, 1.165) is 6.42 Å². The summed E-state index contributed by atoms with van der Waals surface area (Å²) in [5.41, 5.74) is 5.11. The van der Waals surface area contributed by atoms with Crippen molar-refractivity contribution in [3.8, 4) is 0 Å². The number of anilines is 2. The minimum atomic E-state index is -0.529. The molecule has 2 aromatic heterocycles. The van der Waals surface area contributed by atoms with Crippen LogP contribution in [0.4, 0.5) is 11.5 Å². The predicted octanol–water partition coefficient (Wildman–Crippen LogP) is 0.481. The van der Waals surface area contributed by atoms with Crippen molar-refractivity contribution in [3.05, 3.63) is 43.2 Å². The first kappa shape index (κ1) is 15.3. The quantitative estimate of drug-likeness (QED) is 0.690. The van der Waals surface area contributed by atoms with E-state index in [2.05, 4.69) is 10.3 Å². The molecule has 0 amide bonds. The molecule has 0 saturated carbocycles. The van der Waals surface area contributed by atoms with E-state index in [4.69, 9.17) is 10.5 Å². The SMILES string of the molecule is COCCn1c(N)c(NCCc2cccs2)c(=O)[nH]c1=O. The fourth-order valence-electron chi connectivity index (χ4n) is 1.93. The maximum absolute atomic E-state index is 11.8. The van der Waals surface area contributed by atoms with E-state index in [1.54, 1.807) is 11.3 Å². The van der Waals surface area contributed by atoms with E-state index >= 15 is 0 Å². The van der Waals surface area contributed by atoms with E-state index < -0.39 is 11.2 Å². The van der Waals surface area contributed by atoms with Gasteiger partial charge in [0.05, 0.1) is 13.2 Å². The van der Waals surface area contributed by atoms with Crippen LogP contribution in [-0.4, -0.2) is 29.8 Å². The maximum atomic E-state index is 11.8. The van der Waals surface area contributed by atoms with Crippen molar-refractivity contribution in [2.75, 3.05) is 31.3 Å². The molecule has 21 heavy (non-hydrogen) atoms. The summed E-state index contributed by atoms with van der Waals surface area (Å²) in [6, 6.07) is 4.01. The average Bonchev–Trinajstić information content (AvgIpc) is 2.95. The number of hydrogen-bond acceptors (Lipinski definition) is 6. The molecule has 8 heteroatoms. The van der Waals surface area contributed by atoms with E-state index in [1.165, 1.54) is 16.6 Å². The van der Waals surface area contributed by atoms with Gasteiger partial charge in [-0.1, -0.05) is 6.07 Å². The molecular weight excluding hydrogens is 292 g/mol. The molecule has 0 fully saturated rings. The molecule has 0 aromatic carbocycles. The summed E-state index contributed by atoms with van der Waals surface area (Å²) in [6.45, 7) is 1.19. The predicted molar refractivity (Wildman–Crippen MR) is 84.1 cm³/mol. The Kier molecular flexibility index (Phi) is 5.18. The molecular formula is C13H18N4O3S. The third-order valence-electron chi connectivity index (χ3n) is 3.01. The van der Waals surface area contributed by atoms with Crippen molar-refractivity contribution < 1.29 is 4.74 Å². The molecule has 0 aliphatic heterocycles. The van der Waals surface area contributed by atoms with E-state index in [-0.39, 0.29) is 18.1 Å². The second-order valence-electron chi connectivity index (χ2n) is 4.42. The molecule has 0 aliphatic carbocycles. The summed E-state index contributed by atoms with van der Waals surface area (Å²) in [7, 11) is 1.53. The van der Waals surface area contributed by atoms with Crippen molar-refractivity contribution in [1.82, 2.24) is 9.55 Å². The van der Waals surface area contributed by atoms with Crippen LogP contribution in [0.2, 0.25) is 0 Å². The number of aromatic nitrogens is 2. The monoisotopic (exact) mass is 310 g/mol. The largest absolute Gasteiger partial charge is 0.383 e. The summed E-state index contributed by atoms with van der Waals surface area (Å²) >= 11 is 1.65. The van der Waals surface area contributed by atoms with Gasteiger partial charge in [-0.15, -0.1) is 11.3 Å². The summed E-state index contributed by atoms with van der Waals surface area (Å²) in [4.78, 5) is 27.0. The zero-order valence-corrected chi connectivity index (χ0v) is 12.5. The molecule has 114 valence electrons. The Bertz CT molecular complexity index is 690. The zero-order valence-electron chi connectivity index (χ0n) is 11.7. The number of H-pyrrole nitrogens is 1. The highest BCUT2D eigenvalue weighted by atomic mass is 32.1. The number of aromatic amines is 1. The normalized spacial score (nSPS) is 10.7. The first-order valence-corrected chi connectivity index (χ1v) is 7.39. The first-order chi connectivity index (χ1) is 10.1. The molecule has 0 aliphatic rings. The Morgan fingerprint density at radius 3 is 2.95 bits per heavy atom. The van der Waals surface area contributed by atoms with Crippen molar-refractivity contribution in [2.45, 2.75) is 13.0 Å². The Hall–Kier alpha value is -2.06. The van der Waals surface area contributed by atoms with Crippen LogP contribution in [0.15, 0.2) is 27.1 Å². The average molecular weight is 310 g/mol.